The van der Waals surface area contributed by atoms with Crippen LogP contribution < -0.4 is 5.73 Å². The fourth-order valence-corrected chi connectivity index (χ4v) is 1.75. The molecule has 3 N–H and O–H groups in total. The molecule has 14 heavy (non-hydrogen) atoms. The molecule has 2 rings (SSSR count). The molecule has 1 aromatic heterocycles. The highest BCUT2D eigenvalue weighted by atomic mass is 16.4. The zero-order valence-electron chi connectivity index (χ0n) is 7.90. The molecule has 1 unspecified atom stereocenters. The molecule has 4 heteroatoms. The summed E-state index contributed by atoms with van der Waals surface area (Å²) >= 11 is 0. The molecule has 0 bridgehead atoms. The second-order valence-electron chi connectivity index (χ2n) is 3.62. The maximum atomic E-state index is 10.9. The average molecular weight is 192 g/mol. The highest BCUT2D eigenvalue weighted by Gasteiger charge is 2.20. The van der Waals surface area contributed by atoms with Crippen molar-refractivity contribution in [2.75, 3.05) is 5.73 Å². The average Bonchev–Trinajstić information content (AvgIpc) is 2.43. The fourth-order valence-electron chi connectivity index (χ4n) is 1.75. The molecule has 0 radical (unpaired) electrons. The topological polar surface area (TPSA) is 68.2 Å². The van der Waals surface area contributed by atoms with Gasteiger partial charge in [-0.25, -0.2) is 4.79 Å². The molecule has 4 nitrogen and oxygen atoms in total. The van der Waals surface area contributed by atoms with E-state index in [9.17, 15) is 4.79 Å². The lowest BCUT2D eigenvalue weighted by atomic mass is 10.1. The minimum absolute atomic E-state index is 0.272. The zero-order chi connectivity index (χ0) is 10.3. The summed E-state index contributed by atoms with van der Waals surface area (Å²) in [6.07, 6.45) is 3.92. The van der Waals surface area contributed by atoms with Gasteiger partial charge in [-0.1, -0.05) is 13.0 Å². The zero-order valence-corrected chi connectivity index (χ0v) is 7.90. The van der Waals surface area contributed by atoms with Crippen LogP contribution in [-0.2, 0) is 6.54 Å². The van der Waals surface area contributed by atoms with Gasteiger partial charge in [-0.2, -0.15) is 0 Å². The minimum Gasteiger partial charge on any atom is -0.477 e. The summed E-state index contributed by atoms with van der Waals surface area (Å²) in [7, 11) is 0. The van der Waals surface area contributed by atoms with Crippen molar-refractivity contribution in [2.24, 2.45) is 5.92 Å². The lowest BCUT2D eigenvalue weighted by Crippen LogP contribution is -2.16. The molecule has 0 fully saturated rings. The number of nitrogen functional groups attached to an aromatic ring is 1. The molecule has 0 aliphatic carbocycles. The first kappa shape index (κ1) is 8.87. The van der Waals surface area contributed by atoms with E-state index in [1.54, 1.807) is 4.57 Å². The first-order valence-corrected chi connectivity index (χ1v) is 4.50. The summed E-state index contributed by atoms with van der Waals surface area (Å²) in [5.41, 5.74) is 7.32. The van der Waals surface area contributed by atoms with Crippen LogP contribution in [0.3, 0.4) is 0 Å². The molecule has 2 heterocycles. The van der Waals surface area contributed by atoms with E-state index in [1.165, 1.54) is 6.07 Å². The molecule has 0 saturated heterocycles. The van der Waals surface area contributed by atoms with E-state index in [1.807, 2.05) is 19.1 Å². The van der Waals surface area contributed by atoms with Crippen molar-refractivity contribution in [2.45, 2.75) is 13.5 Å². The smallest absolute Gasteiger partial charge is 0.352 e. The Kier molecular flexibility index (Phi) is 1.84. The van der Waals surface area contributed by atoms with Crippen molar-refractivity contribution in [3.63, 3.8) is 0 Å². The van der Waals surface area contributed by atoms with E-state index in [2.05, 4.69) is 0 Å². The van der Waals surface area contributed by atoms with Gasteiger partial charge in [0, 0.05) is 6.54 Å². The molecule has 0 amide bonds. The fraction of sp³-hybridized carbons (Fsp3) is 0.300. The van der Waals surface area contributed by atoms with Gasteiger partial charge in [0.1, 0.15) is 5.69 Å². The number of aromatic carboxylic acids is 1. The third-order valence-electron chi connectivity index (χ3n) is 2.44. The predicted molar refractivity (Wildman–Crippen MR) is 54.0 cm³/mol. The number of carboxylic acid groups (broad SMARTS) is 1. The number of nitrogens with two attached hydrogens (primary N) is 1. The van der Waals surface area contributed by atoms with Crippen LogP contribution in [0, 0.1) is 5.92 Å². The van der Waals surface area contributed by atoms with E-state index < -0.39 is 5.97 Å². The first-order chi connectivity index (χ1) is 6.59. The van der Waals surface area contributed by atoms with Crippen LogP contribution in [0.25, 0.3) is 6.08 Å². The number of carboxylic acids is 1. The molecule has 1 atom stereocenters. The van der Waals surface area contributed by atoms with E-state index in [0.29, 0.717) is 18.2 Å². The lowest BCUT2D eigenvalue weighted by molar-refractivity contribution is 0.0684. The number of hydrogen-bond donors (Lipinski definition) is 2. The third kappa shape index (κ3) is 1.19. The Labute approximate surface area is 81.6 Å². The van der Waals surface area contributed by atoms with Crippen molar-refractivity contribution in [3.05, 3.63) is 23.5 Å². The number of fused-ring (bicyclic) bond motifs is 1. The van der Waals surface area contributed by atoms with Gasteiger partial charge in [0.15, 0.2) is 0 Å². The van der Waals surface area contributed by atoms with Crippen molar-refractivity contribution in [1.82, 2.24) is 4.57 Å². The number of hydrogen-bond acceptors (Lipinski definition) is 2. The second kappa shape index (κ2) is 2.90. The highest BCUT2D eigenvalue weighted by Crippen LogP contribution is 2.26. The Bertz CT molecular complexity index is 418. The van der Waals surface area contributed by atoms with E-state index >= 15 is 0 Å². The number of anilines is 1. The van der Waals surface area contributed by atoms with E-state index in [-0.39, 0.29) is 5.69 Å². The highest BCUT2D eigenvalue weighted by molar-refractivity contribution is 5.89. The van der Waals surface area contributed by atoms with Gasteiger partial charge in [-0.15, -0.1) is 0 Å². The molecule has 1 aromatic rings. The molecule has 0 aromatic carbocycles. The van der Waals surface area contributed by atoms with Gasteiger partial charge >= 0.3 is 5.97 Å². The summed E-state index contributed by atoms with van der Waals surface area (Å²) < 4.78 is 1.75. The van der Waals surface area contributed by atoms with E-state index in [0.717, 1.165) is 5.69 Å². The Morgan fingerprint density at radius 3 is 3.07 bits per heavy atom. The van der Waals surface area contributed by atoms with Gasteiger partial charge in [0.05, 0.1) is 11.4 Å². The number of aromatic nitrogens is 1. The van der Waals surface area contributed by atoms with E-state index in [4.69, 9.17) is 10.8 Å². The largest absolute Gasteiger partial charge is 0.477 e. The lowest BCUT2D eigenvalue weighted by Gasteiger charge is -2.17. The number of rotatable bonds is 1. The van der Waals surface area contributed by atoms with Gasteiger partial charge in [-0.3, -0.25) is 0 Å². The van der Waals surface area contributed by atoms with Gasteiger partial charge in [-0.05, 0) is 18.1 Å². The van der Waals surface area contributed by atoms with Gasteiger partial charge in [0.25, 0.3) is 0 Å². The Morgan fingerprint density at radius 2 is 2.43 bits per heavy atom. The van der Waals surface area contributed by atoms with Crippen molar-refractivity contribution < 1.29 is 9.90 Å². The van der Waals surface area contributed by atoms with Crippen LogP contribution in [0.2, 0.25) is 0 Å². The Hall–Kier alpha value is -1.71. The SMILES string of the molecule is CC1C=Cc2c(N)cc(C(=O)O)n2C1. The van der Waals surface area contributed by atoms with Crippen LogP contribution in [-0.4, -0.2) is 15.6 Å². The normalized spacial score (nSPS) is 19.4. The summed E-state index contributed by atoms with van der Waals surface area (Å²) in [6.45, 7) is 2.73. The standard InChI is InChI=1S/C10H12N2O2/c1-6-2-3-8-7(11)4-9(10(13)14)12(8)5-6/h2-4,6H,5,11H2,1H3,(H,13,14). The van der Waals surface area contributed by atoms with Crippen LogP contribution >= 0.6 is 0 Å². The van der Waals surface area contributed by atoms with Crippen molar-refractivity contribution in [3.8, 4) is 0 Å². The summed E-state index contributed by atoms with van der Waals surface area (Å²) in [5.74, 6) is -0.571. The van der Waals surface area contributed by atoms with Crippen LogP contribution in [0.15, 0.2) is 12.1 Å². The third-order valence-corrected chi connectivity index (χ3v) is 2.44. The summed E-state index contributed by atoms with van der Waals surface area (Å²) in [4.78, 5) is 10.9. The van der Waals surface area contributed by atoms with Crippen LogP contribution in [0.5, 0.6) is 0 Å². The maximum Gasteiger partial charge on any atom is 0.352 e. The quantitative estimate of drug-likeness (QED) is 0.707. The minimum atomic E-state index is -0.926. The molecule has 0 saturated carbocycles. The Balaban J connectivity index is 2.58. The van der Waals surface area contributed by atoms with Gasteiger partial charge < -0.3 is 15.4 Å². The van der Waals surface area contributed by atoms with Crippen molar-refractivity contribution >= 4 is 17.7 Å². The first-order valence-electron chi connectivity index (χ1n) is 4.50. The molecule has 1 aliphatic heterocycles. The molecular formula is C10H12N2O2. The second-order valence-corrected chi connectivity index (χ2v) is 3.62. The monoisotopic (exact) mass is 192 g/mol. The summed E-state index contributed by atoms with van der Waals surface area (Å²) in [5, 5.41) is 8.94. The van der Waals surface area contributed by atoms with Gasteiger partial charge in [0.2, 0.25) is 0 Å². The van der Waals surface area contributed by atoms with Crippen LogP contribution in [0.1, 0.15) is 23.1 Å². The van der Waals surface area contributed by atoms with Crippen molar-refractivity contribution in [1.29, 1.82) is 0 Å². The molecular weight excluding hydrogens is 180 g/mol. The number of allylic oxidation sites excluding steroid dienone is 1. The number of carbonyl (C=O) groups is 1. The predicted octanol–water partition coefficient (Wildman–Crippen LogP) is 1.43. The molecule has 0 spiro atoms. The number of nitrogens with zero attached hydrogens (tertiary/aromatic N) is 1. The van der Waals surface area contributed by atoms with Crippen LogP contribution in [0.4, 0.5) is 5.69 Å². The summed E-state index contributed by atoms with van der Waals surface area (Å²) in [6, 6.07) is 1.51. The maximum absolute atomic E-state index is 10.9. The Morgan fingerprint density at radius 1 is 1.71 bits per heavy atom. The molecule has 1 aliphatic rings. The molecule has 74 valence electrons.